The minimum atomic E-state index is -0.937. The number of anilines is 1. The van der Waals surface area contributed by atoms with Crippen LogP contribution in [0.4, 0.5) is 5.69 Å². The fourth-order valence-electron chi connectivity index (χ4n) is 3.53. The normalized spacial score (nSPS) is 15.6. The SMILES string of the molecule is CCc1cc(OC2CCCC2)cc(C(Nc2ccc(C=NN)cc2)C(=O)O)c1. The molecule has 1 fully saturated rings. The van der Waals surface area contributed by atoms with E-state index in [-0.39, 0.29) is 6.10 Å². The lowest BCUT2D eigenvalue weighted by molar-refractivity contribution is -0.138. The van der Waals surface area contributed by atoms with Crippen LogP contribution in [0.5, 0.6) is 5.75 Å². The van der Waals surface area contributed by atoms with Gasteiger partial charge in [0.1, 0.15) is 5.75 Å². The Balaban J connectivity index is 1.84. The fourth-order valence-corrected chi connectivity index (χ4v) is 3.53. The van der Waals surface area contributed by atoms with Crippen molar-refractivity contribution < 1.29 is 14.6 Å². The molecule has 4 N–H and O–H groups in total. The van der Waals surface area contributed by atoms with Gasteiger partial charge in [0.25, 0.3) is 0 Å². The molecule has 2 aromatic rings. The highest BCUT2D eigenvalue weighted by atomic mass is 16.5. The predicted octanol–water partition coefficient (Wildman–Crippen LogP) is 4.10. The van der Waals surface area contributed by atoms with E-state index in [9.17, 15) is 9.90 Å². The van der Waals surface area contributed by atoms with Crippen molar-refractivity contribution in [2.45, 2.75) is 51.2 Å². The highest BCUT2D eigenvalue weighted by Gasteiger charge is 2.22. The molecule has 1 unspecified atom stereocenters. The van der Waals surface area contributed by atoms with Crippen LogP contribution in [0.3, 0.4) is 0 Å². The van der Waals surface area contributed by atoms with Gasteiger partial charge in [-0.25, -0.2) is 4.79 Å². The van der Waals surface area contributed by atoms with Crippen molar-refractivity contribution in [3.63, 3.8) is 0 Å². The van der Waals surface area contributed by atoms with E-state index in [2.05, 4.69) is 17.3 Å². The van der Waals surface area contributed by atoms with Crippen molar-refractivity contribution in [1.29, 1.82) is 0 Å². The van der Waals surface area contributed by atoms with E-state index < -0.39 is 12.0 Å². The Labute approximate surface area is 165 Å². The summed E-state index contributed by atoms with van der Waals surface area (Å²) in [7, 11) is 0. The van der Waals surface area contributed by atoms with Gasteiger partial charge in [0.15, 0.2) is 6.04 Å². The van der Waals surface area contributed by atoms with E-state index in [0.29, 0.717) is 11.3 Å². The summed E-state index contributed by atoms with van der Waals surface area (Å²) >= 11 is 0. The molecule has 3 rings (SSSR count). The first kappa shape index (κ1) is 19.7. The van der Waals surface area contributed by atoms with Gasteiger partial charge < -0.3 is 21.0 Å². The molecular weight excluding hydrogens is 354 g/mol. The summed E-state index contributed by atoms with van der Waals surface area (Å²) in [5, 5.41) is 16.4. The number of carbonyl (C=O) groups is 1. The van der Waals surface area contributed by atoms with Gasteiger partial charge in [0.2, 0.25) is 0 Å². The lowest BCUT2D eigenvalue weighted by Gasteiger charge is -2.20. The molecule has 1 aliphatic carbocycles. The molecule has 0 aromatic heterocycles. The molecule has 28 heavy (non-hydrogen) atoms. The van der Waals surface area contributed by atoms with Crippen LogP contribution in [0, 0.1) is 0 Å². The minimum absolute atomic E-state index is 0.230. The Hall–Kier alpha value is -3.02. The Bertz CT molecular complexity index is 827. The number of carboxylic acid groups (broad SMARTS) is 1. The van der Waals surface area contributed by atoms with Gasteiger partial charge in [-0.3, -0.25) is 0 Å². The number of nitrogens with one attached hydrogen (secondary N) is 1. The van der Waals surface area contributed by atoms with Crippen molar-refractivity contribution in [1.82, 2.24) is 0 Å². The lowest BCUT2D eigenvalue weighted by Crippen LogP contribution is -2.21. The van der Waals surface area contributed by atoms with Gasteiger partial charge >= 0.3 is 5.97 Å². The Morgan fingerprint density at radius 1 is 1.29 bits per heavy atom. The number of rotatable bonds is 8. The molecule has 0 heterocycles. The summed E-state index contributed by atoms with van der Waals surface area (Å²) in [6, 6.07) is 12.2. The summed E-state index contributed by atoms with van der Waals surface area (Å²) in [4.78, 5) is 12.0. The molecule has 2 aromatic carbocycles. The standard InChI is InChI=1S/C22H27N3O3/c1-2-15-11-17(13-20(12-15)28-19-5-3-4-6-19)21(22(26)27)25-18-9-7-16(8-10-18)14-24-23/h7-14,19,21,25H,2-6,23H2,1H3,(H,26,27). The summed E-state index contributed by atoms with van der Waals surface area (Å²) in [5.41, 5.74) is 3.31. The second-order valence-corrected chi connectivity index (χ2v) is 7.10. The van der Waals surface area contributed by atoms with Gasteiger partial charge in [-0.2, -0.15) is 5.10 Å². The van der Waals surface area contributed by atoms with Gasteiger partial charge in [-0.1, -0.05) is 25.1 Å². The zero-order valence-corrected chi connectivity index (χ0v) is 16.1. The van der Waals surface area contributed by atoms with Crippen LogP contribution in [0.2, 0.25) is 0 Å². The minimum Gasteiger partial charge on any atom is -0.490 e. The topological polar surface area (TPSA) is 96.9 Å². The number of nitrogens with zero attached hydrogens (tertiary/aromatic N) is 1. The smallest absolute Gasteiger partial charge is 0.330 e. The highest BCUT2D eigenvalue weighted by Crippen LogP contribution is 2.29. The van der Waals surface area contributed by atoms with E-state index in [0.717, 1.165) is 36.1 Å². The third-order valence-corrected chi connectivity index (χ3v) is 5.03. The molecule has 0 bridgehead atoms. The largest absolute Gasteiger partial charge is 0.490 e. The third-order valence-electron chi connectivity index (χ3n) is 5.03. The maximum absolute atomic E-state index is 12.0. The Morgan fingerprint density at radius 3 is 2.61 bits per heavy atom. The van der Waals surface area contributed by atoms with Crippen LogP contribution in [0.1, 0.15) is 55.3 Å². The quantitative estimate of drug-likeness (QED) is 0.363. The van der Waals surface area contributed by atoms with Crippen LogP contribution in [-0.2, 0) is 11.2 Å². The van der Waals surface area contributed by atoms with E-state index in [4.69, 9.17) is 10.6 Å². The number of benzene rings is 2. The van der Waals surface area contributed by atoms with Crippen molar-refractivity contribution in [3.05, 3.63) is 59.2 Å². The summed E-state index contributed by atoms with van der Waals surface area (Å²) in [5.74, 6) is 4.98. The Kier molecular flexibility index (Phi) is 6.53. The number of ether oxygens (including phenoxy) is 1. The first-order valence-electron chi connectivity index (χ1n) is 9.72. The van der Waals surface area contributed by atoms with Gasteiger partial charge in [0.05, 0.1) is 12.3 Å². The van der Waals surface area contributed by atoms with E-state index in [1.807, 2.05) is 42.5 Å². The molecule has 1 aliphatic rings. The van der Waals surface area contributed by atoms with Crippen molar-refractivity contribution in [2.75, 3.05) is 5.32 Å². The lowest BCUT2D eigenvalue weighted by atomic mass is 10.0. The molecular formula is C22H27N3O3. The number of carboxylic acids is 1. The zero-order valence-electron chi connectivity index (χ0n) is 16.1. The number of nitrogens with two attached hydrogens (primary N) is 1. The van der Waals surface area contributed by atoms with Gasteiger partial charge in [0, 0.05) is 5.69 Å². The second-order valence-electron chi connectivity index (χ2n) is 7.10. The first-order valence-corrected chi connectivity index (χ1v) is 9.72. The molecule has 0 amide bonds. The average Bonchev–Trinajstić information content (AvgIpc) is 3.20. The van der Waals surface area contributed by atoms with Crippen molar-refractivity contribution >= 4 is 17.9 Å². The average molecular weight is 381 g/mol. The Morgan fingerprint density at radius 2 is 2.00 bits per heavy atom. The first-order chi connectivity index (χ1) is 13.6. The van der Waals surface area contributed by atoms with Crippen LogP contribution in [0.15, 0.2) is 47.6 Å². The number of aliphatic carboxylic acids is 1. The molecule has 0 radical (unpaired) electrons. The predicted molar refractivity (Wildman–Crippen MR) is 111 cm³/mol. The number of aryl methyl sites for hydroxylation is 1. The molecule has 0 spiro atoms. The molecule has 1 saturated carbocycles. The molecule has 6 heteroatoms. The molecule has 148 valence electrons. The monoisotopic (exact) mass is 381 g/mol. The molecule has 0 saturated heterocycles. The molecule has 6 nitrogen and oxygen atoms in total. The molecule has 1 atom stereocenters. The van der Waals surface area contributed by atoms with Crippen LogP contribution >= 0.6 is 0 Å². The van der Waals surface area contributed by atoms with E-state index in [1.54, 1.807) is 0 Å². The maximum atomic E-state index is 12.0. The summed E-state index contributed by atoms with van der Waals surface area (Å²) < 4.78 is 6.13. The van der Waals surface area contributed by atoms with Gasteiger partial charge in [-0.05, 0) is 73.1 Å². The van der Waals surface area contributed by atoms with E-state index in [1.165, 1.54) is 19.1 Å². The van der Waals surface area contributed by atoms with Gasteiger partial charge in [-0.15, -0.1) is 0 Å². The fraction of sp³-hybridized carbons (Fsp3) is 0.364. The van der Waals surface area contributed by atoms with Crippen LogP contribution in [-0.4, -0.2) is 23.4 Å². The van der Waals surface area contributed by atoms with Crippen molar-refractivity contribution in [3.8, 4) is 5.75 Å². The third kappa shape index (κ3) is 5.03. The van der Waals surface area contributed by atoms with Crippen LogP contribution in [0.25, 0.3) is 0 Å². The summed E-state index contributed by atoms with van der Waals surface area (Å²) in [6.07, 6.45) is 7.08. The number of hydrazone groups is 1. The number of hydrogen-bond acceptors (Lipinski definition) is 5. The number of hydrogen-bond donors (Lipinski definition) is 3. The zero-order chi connectivity index (χ0) is 19.9. The summed E-state index contributed by atoms with van der Waals surface area (Å²) in [6.45, 7) is 2.05. The maximum Gasteiger partial charge on any atom is 0.330 e. The van der Waals surface area contributed by atoms with Crippen LogP contribution < -0.4 is 15.9 Å². The molecule has 0 aliphatic heterocycles. The van der Waals surface area contributed by atoms with Crippen molar-refractivity contribution in [2.24, 2.45) is 10.9 Å². The second kappa shape index (κ2) is 9.26. The van der Waals surface area contributed by atoms with E-state index >= 15 is 0 Å². The highest BCUT2D eigenvalue weighted by molar-refractivity contribution is 5.82.